The molecule has 1 aliphatic rings. The first-order chi connectivity index (χ1) is 7.50. The highest BCUT2D eigenvalue weighted by Crippen LogP contribution is 2.11. The molecule has 0 aromatic carbocycles. The minimum atomic E-state index is -0.853. The molecule has 0 spiro atoms. The van der Waals surface area contributed by atoms with Crippen molar-refractivity contribution in [2.75, 3.05) is 26.2 Å². The SMILES string of the molecule is CC(C)CCN1CCN(CCC(=O)O)C1=O. The highest BCUT2D eigenvalue weighted by atomic mass is 16.4. The highest BCUT2D eigenvalue weighted by molar-refractivity contribution is 5.77. The molecule has 0 saturated carbocycles. The highest BCUT2D eigenvalue weighted by Gasteiger charge is 2.27. The second kappa shape index (κ2) is 5.72. The maximum Gasteiger partial charge on any atom is 0.320 e. The average molecular weight is 228 g/mol. The molecular weight excluding hydrogens is 208 g/mol. The van der Waals surface area contributed by atoms with Crippen molar-refractivity contribution in [2.45, 2.75) is 26.7 Å². The number of carboxylic acid groups (broad SMARTS) is 1. The number of amides is 2. The molecule has 0 aliphatic carbocycles. The summed E-state index contributed by atoms with van der Waals surface area (Å²) in [6.45, 7) is 6.74. The van der Waals surface area contributed by atoms with E-state index in [-0.39, 0.29) is 12.5 Å². The summed E-state index contributed by atoms with van der Waals surface area (Å²) in [6, 6.07) is -0.0121. The van der Waals surface area contributed by atoms with E-state index in [0.717, 1.165) is 19.5 Å². The van der Waals surface area contributed by atoms with Crippen molar-refractivity contribution in [1.82, 2.24) is 9.80 Å². The largest absolute Gasteiger partial charge is 0.481 e. The summed E-state index contributed by atoms with van der Waals surface area (Å²) < 4.78 is 0. The molecule has 1 heterocycles. The number of rotatable bonds is 6. The van der Waals surface area contributed by atoms with Crippen LogP contribution >= 0.6 is 0 Å². The third kappa shape index (κ3) is 3.72. The molecule has 1 rings (SSSR count). The summed E-state index contributed by atoms with van der Waals surface area (Å²) in [7, 11) is 0. The van der Waals surface area contributed by atoms with Crippen LogP contribution in [-0.4, -0.2) is 53.1 Å². The Morgan fingerprint density at radius 2 is 1.88 bits per heavy atom. The van der Waals surface area contributed by atoms with E-state index in [1.165, 1.54) is 0 Å². The lowest BCUT2D eigenvalue weighted by Crippen LogP contribution is -2.34. The van der Waals surface area contributed by atoms with Crippen molar-refractivity contribution >= 4 is 12.0 Å². The van der Waals surface area contributed by atoms with Crippen molar-refractivity contribution in [3.05, 3.63) is 0 Å². The first-order valence-corrected chi connectivity index (χ1v) is 5.76. The van der Waals surface area contributed by atoms with Crippen LogP contribution in [0.5, 0.6) is 0 Å². The van der Waals surface area contributed by atoms with Crippen LogP contribution in [0.3, 0.4) is 0 Å². The van der Waals surface area contributed by atoms with Crippen LogP contribution in [0.4, 0.5) is 4.79 Å². The Balaban J connectivity index is 2.32. The monoisotopic (exact) mass is 228 g/mol. The lowest BCUT2D eigenvalue weighted by atomic mass is 10.1. The van der Waals surface area contributed by atoms with E-state index in [1.54, 1.807) is 4.90 Å². The number of aliphatic carboxylic acids is 1. The normalized spacial score (nSPS) is 16.3. The summed E-state index contributed by atoms with van der Waals surface area (Å²) in [5.41, 5.74) is 0. The van der Waals surface area contributed by atoms with Gasteiger partial charge in [0.1, 0.15) is 0 Å². The molecule has 0 unspecified atom stereocenters. The van der Waals surface area contributed by atoms with Crippen LogP contribution in [0.15, 0.2) is 0 Å². The van der Waals surface area contributed by atoms with Crippen molar-refractivity contribution in [3.63, 3.8) is 0 Å². The van der Waals surface area contributed by atoms with Crippen molar-refractivity contribution in [2.24, 2.45) is 5.92 Å². The number of nitrogens with zero attached hydrogens (tertiary/aromatic N) is 2. The molecule has 0 aromatic rings. The maximum absolute atomic E-state index is 11.8. The van der Waals surface area contributed by atoms with Gasteiger partial charge in [-0.3, -0.25) is 4.79 Å². The lowest BCUT2D eigenvalue weighted by Gasteiger charge is -2.18. The second-order valence-electron chi connectivity index (χ2n) is 4.58. The van der Waals surface area contributed by atoms with Crippen LogP contribution < -0.4 is 0 Å². The van der Waals surface area contributed by atoms with E-state index in [4.69, 9.17) is 5.11 Å². The van der Waals surface area contributed by atoms with E-state index < -0.39 is 5.97 Å². The zero-order valence-electron chi connectivity index (χ0n) is 9.98. The van der Waals surface area contributed by atoms with Gasteiger partial charge in [-0.2, -0.15) is 0 Å². The predicted octanol–water partition coefficient (Wildman–Crippen LogP) is 1.24. The quantitative estimate of drug-likeness (QED) is 0.744. The molecule has 5 nitrogen and oxygen atoms in total. The summed E-state index contributed by atoms with van der Waals surface area (Å²) in [5, 5.41) is 8.55. The summed E-state index contributed by atoms with van der Waals surface area (Å²) >= 11 is 0. The number of carbonyl (C=O) groups excluding carboxylic acids is 1. The van der Waals surface area contributed by atoms with Gasteiger partial charge in [0, 0.05) is 26.2 Å². The van der Waals surface area contributed by atoms with Crippen LogP contribution in [-0.2, 0) is 4.79 Å². The molecule has 2 amide bonds. The molecule has 0 aromatic heterocycles. The van der Waals surface area contributed by atoms with Gasteiger partial charge in [-0.15, -0.1) is 0 Å². The number of urea groups is 1. The Morgan fingerprint density at radius 3 is 2.38 bits per heavy atom. The maximum atomic E-state index is 11.8. The smallest absolute Gasteiger partial charge is 0.320 e. The van der Waals surface area contributed by atoms with Crippen LogP contribution in [0, 0.1) is 5.92 Å². The van der Waals surface area contributed by atoms with Crippen molar-refractivity contribution in [3.8, 4) is 0 Å². The van der Waals surface area contributed by atoms with Gasteiger partial charge in [0.2, 0.25) is 0 Å². The van der Waals surface area contributed by atoms with Gasteiger partial charge in [0.15, 0.2) is 0 Å². The summed E-state index contributed by atoms with van der Waals surface area (Å²) in [5.74, 6) is -0.269. The number of hydrogen-bond donors (Lipinski definition) is 1. The molecular formula is C11H20N2O3. The minimum Gasteiger partial charge on any atom is -0.481 e. The number of hydrogen-bond acceptors (Lipinski definition) is 2. The van der Waals surface area contributed by atoms with E-state index in [0.29, 0.717) is 19.0 Å². The van der Waals surface area contributed by atoms with Crippen molar-refractivity contribution in [1.29, 1.82) is 0 Å². The molecule has 0 bridgehead atoms. The molecule has 92 valence electrons. The Hall–Kier alpha value is -1.26. The van der Waals surface area contributed by atoms with Gasteiger partial charge in [0.25, 0.3) is 0 Å². The molecule has 0 atom stereocenters. The fourth-order valence-electron chi connectivity index (χ4n) is 1.69. The third-order valence-electron chi connectivity index (χ3n) is 2.75. The van der Waals surface area contributed by atoms with Crippen LogP contribution in [0.25, 0.3) is 0 Å². The van der Waals surface area contributed by atoms with Gasteiger partial charge in [-0.1, -0.05) is 13.8 Å². The molecule has 0 radical (unpaired) electrons. The van der Waals surface area contributed by atoms with Gasteiger partial charge >= 0.3 is 12.0 Å². The van der Waals surface area contributed by atoms with E-state index in [9.17, 15) is 9.59 Å². The fourth-order valence-corrected chi connectivity index (χ4v) is 1.69. The standard InChI is InChI=1S/C11H20N2O3/c1-9(2)3-5-12-7-8-13(11(12)16)6-4-10(14)15/h9H,3-8H2,1-2H3,(H,14,15). The topological polar surface area (TPSA) is 60.9 Å². The Morgan fingerprint density at radius 1 is 1.31 bits per heavy atom. The van der Waals surface area contributed by atoms with E-state index >= 15 is 0 Å². The van der Waals surface area contributed by atoms with Gasteiger partial charge in [0.05, 0.1) is 6.42 Å². The molecule has 1 N–H and O–H groups in total. The summed E-state index contributed by atoms with van der Waals surface area (Å²) in [4.78, 5) is 25.6. The zero-order chi connectivity index (χ0) is 12.1. The lowest BCUT2D eigenvalue weighted by molar-refractivity contribution is -0.137. The van der Waals surface area contributed by atoms with Gasteiger partial charge in [-0.05, 0) is 12.3 Å². The van der Waals surface area contributed by atoms with Gasteiger partial charge < -0.3 is 14.9 Å². The molecule has 5 heteroatoms. The Bertz CT molecular complexity index is 266. The van der Waals surface area contributed by atoms with Crippen LogP contribution in [0.1, 0.15) is 26.7 Å². The molecule has 16 heavy (non-hydrogen) atoms. The first-order valence-electron chi connectivity index (χ1n) is 5.76. The van der Waals surface area contributed by atoms with Crippen molar-refractivity contribution < 1.29 is 14.7 Å². The minimum absolute atomic E-state index is 0.0121. The average Bonchev–Trinajstić information content (AvgIpc) is 2.53. The van der Waals surface area contributed by atoms with E-state index in [2.05, 4.69) is 13.8 Å². The third-order valence-corrected chi connectivity index (χ3v) is 2.75. The predicted molar refractivity (Wildman–Crippen MR) is 60.2 cm³/mol. The second-order valence-corrected chi connectivity index (χ2v) is 4.58. The van der Waals surface area contributed by atoms with E-state index in [1.807, 2.05) is 4.90 Å². The number of carboxylic acids is 1. The van der Waals surface area contributed by atoms with Crippen LogP contribution in [0.2, 0.25) is 0 Å². The Labute approximate surface area is 96.0 Å². The fraction of sp³-hybridized carbons (Fsp3) is 0.818. The molecule has 1 fully saturated rings. The van der Waals surface area contributed by atoms with Gasteiger partial charge in [-0.25, -0.2) is 4.79 Å². The summed E-state index contributed by atoms with van der Waals surface area (Å²) in [6.07, 6.45) is 1.03. The molecule has 1 saturated heterocycles. The Kier molecular flexibility index (Phi) is 4.58. The first kappa shape index (κ1) is 12.8. The number of carbonyl (C=O) groups is 2. The zero-order valence-corrected chi connectivity index (χ0v) is 9.98. The molecule has 1 aliphatic heterocycles.